The van der Waals surface area contributed by atoms with Crippen molar-refractivity contribution in [2.24, 2.45) is 0 Å². The van der Waals surface area contributed by atoms with E-state index in [-0.39, 0.29) is 24.1 Å². The van der Waals surface area contributed by atoms with Crippen LogP contribution < -0.4 is 4.90 Å². The minimum atomic E-state index is -0.548. The minimum absolute atomic E-state index is 0.0884. The van der Waals surface area contributed by atoms with Gasteiger partial charge in [0.2, 0.25) is 5.91 Å². The van der Waals surface area contributed by atoms with Crippen LogP contribution in [0.1, 0.15) is 16.8 Å². The number of carbonyl (C=O) groups excluding carboxylic acids is 3. The van der Waals surface area contributed by atoms with E-state index in [9.17, 15) is 18.8 Å². The van der Waals surface area contributed by atoms with E-state index in [0.29, 0.717) is 37.4 Å². The second-order valence-corrected chi connectivity index (χ2v) is 6.83. The standard InChI is InChI=1S/C20H19FN4O3/c21-15-3-5-16(6-4-15)25-18(26)12-17(20(25)28)23-8-10-24(11-9-23)19(27)14-2-1-7-22-13-14/h1-7,13,17H,8-12H2/t17-/m1/s1. The van der Waals surface area contributed by atoms with Crippen molar-refractivity contribution < 1.29 is 18.8 Å². The zero-order valence-electron chi connectivity index (χ0n) is 15.1. The van der Waals surface area contributed by atoms with E-state index in [1.54, 1.807) is 23.2 Å². The van der Waals surface area contributed by atoms with Gasteiger partial charge in [-0.1, -0.05) is 0 Å². The SMILES string of the molecule is O=C(c1cccnc1)N1CCN([C@@H]2CC(=O)N(c3ccc(F)cc3)C2=O)CC1. The van der Waals surface area contributed by atoms with E-state index in [1.165, 1.54) is 30.5 Å². The van der Waals surface area contributed by atoms with Crippen molar-refractivity contribution in [2.45, 2.75) is 12.5 Å². The molecule has 144 valence electrons. The Labute approximate surface area is 161 Å². The van der Waals surface area contributed by atoms with Crippen LogP contribution in [0.15, 0.2) is 48.8 Å². The topological polar surface area (TPSA) is 73.8 Å². The van der Waals surface area contributed by atoms with Gasteiger partial charge < -0.3 is 4.90 Å². The molecule has 0 aliphatic carbocycles. The van der Waals surface area contributed by atoms with E-state index in [0.717, 1.165) is 4.90 Å². The molecule has 2 aromatic rings. The number of anilines is 1. The summed E-state index contributed by atoms with van der Waals surface area (Å²) in [5, 5.41) is 0. The van der Waals surface area contributed by atoms with Crippen LogP contribution in [-0.4, -0.2) is 64.7 Å². The van der Waals surface area contributed by atoms with Crippen LogP contribution in [0.25, 0.3) is 0 Å². The highest BCUT2D eigenvalue weighted by Crippen LogP contribution is 2.26. The fourth-order valence-corrected chi connectivity index (χ4v) is 3.67. The van der Waals surface area contributed by atoms with Crippen LogP contribution in [0.4, 0.5) is 10.1 Å². The first-order chi connectivity index (χ1) is 13.5. The van der Waals surface area contributed by atoms with Gasteiger partial charge in [0.1, 0.15) is 5.82 Å². The first kappa shape index (κ1) is 18.2. The van der Waals surface area contributed by atoms with Crippen molar-refractivity contribution in [3.8, 4) is 0 Å². The van der Waals surface area contributed by atoms with Crippen LogP contribution >= 0.6 is 0 Å². The largest absolute Gasteiger partial charge is 0.336 e. The highest BCUT2D eigenvalue weighted by atomic mass is 19.1. The fourth-order valence-electron chi connectivity index (χ4n) is 3.67. The Kier molecular flexibility index (Phi) is 4.87. The maximum absolute atomic E-state index is 13.1. The highest BCUT2D eigenvalue weighted by molar-refractivity contribution is 6.22. The maximum Gasteiger partial charge on any atom is 0.255 e. The second kappa shape index (κ2) is 7.47. The van der Waals surface area contributed by atoms with Gasteiger partial charge >= 0.3 is 0 Å². The molecule has 0 bridgehead atoms. The molecule has 3 heterocycles. The van der Waals surface area contributed by atoms with E-state index < -0.39 is 11.9 Å². The van der Waals surface area contributed by atoms with Crippen LogP contribution in [0.2, 0.25) is 0 Å². The van der Waals surface area contributed by atoms with Crippen molar-refractivity contribution >= 4 is 23.4 Å². The lowest BCUT2D eigenvalue weighted by Gasteiger charge is -2.37. The lowest BCUT2D eigenvalue weighted by molar-refractivity contribution is -0.123. The molecule has 0 radical (unpaired) electrons. The van der Waals surface area contributed by atoms with Crippen molar-refractivity contribution in [1.29, 1.82) is 0 Å². The van der Waals surface area contributed by atoms with Crippen LogP contribution in [-0.2, 0) is 9.59 Å². The van der Waals surface area contributed by atoms with Gasteiger partial charge in [0.05, 0.1) is 23.7 Å². The number of nitrogens with zero attached hydrogens (tertiary/aromatic N) is 4. The molecular weight excluding hydrogens is 363 g/mol. The third-order valence-electron chi connectivity index (χ3n) is 5.16. The number of hydrogen-bond acceptors (Lipinski definition) is 5. The van der Waals surface area contributed by atoms with Gasteiger partial charge in [0, 0.05) is 38.6 Å². The van der Waals surface area contributed by atoms with Crippen molar-refractivity contribution in [3.05, 3.63) is 60.2 Å². The lowest BCUT2D eigenvalue weighted by Crippen LogP contribution is -2.53. The molecule has 2 aliphatic rings. The number of carbonyl (C=O) groups is 3. The zero-order chi connectivity index (χ0) is 19.7. The van der Waals surface area contributed by atoms with E-state index >= 15 is 0 Å². The summed E-state index contributed by atoms with van der Waals surface area (Å²) in [4.78, 5) is 46.5. The molecule has 1 aromatic carbocycles. The summed E-state index contributed by atoms with van der Waals surface area (Å²) >= 11 is 0. The summed E-state index contributed by atoms with van der Waals surface area (Å²) in [5.74, 6) is -1.11. The normalized spacial score (nSPS) is 20.7. The molecule has 0 spiro atoms. The molecular formula is C20H19FN4O3. The number of piperazine rings is 1. The lowest BCUT2D eigenvalue weighted by atomic mass is 10.1. The summed E-state index contributed by atoms with van der Waals surface area (Å²) in [7, 11) is 0. The van der Waals surface area contributed by atoms with Gasteiger partial charge in [-0.25, -0.2) is 9.29 Å². The third-order valence-corrected chi connectivity index (χ3v) is 5.16. The monoisotopic (exact) mass is 382 g/mol. The molecule has 7 nitrogen and oxygen atoms in total. The molecule has 4 rings (SSSR count). The van der Waals surface area contributed by atoms with E-state index in [1.807, 2.05) is 4.90 Å². The van der Waals surface area contributed by atoms with E-state index in [2.05, 4.69) is 4.98 Å². The van der Waals surface area contributed by atoms with Gasteiger partial charge in [-0.05, 0) is 36.4 Å². The van der Waals surface area contributed by atoms with Gasteiger partial charge in [0.25, 0.3) is 11.8 Å². The molecule has 28 heavy (non-hydrogen) atoms. The number of amides is 3. The number of halogens is 1. The predicted molar refractivity (Wildman–Crippen MR) is 99.0 cm³/mol. The molecule has 0 saturated carbocycles. The molecule has 0 unspecified atom stereocenters. The van der Waals surface area contributed by atoms with E-state index in [4.69, 9.17) is 0 Å². The minimum Gasteiger partial charge on any atom is -0.336 e. The third kappa shape index (κ3) is 3.38. The summed E-state index contributed by atoms with van der Waals surface area (Å²) in [6.07, 6.45) is 3.24. The van der Waals surface area contributed by atoms with Crippen molar-refractivity contribution in [1.82, 2.24) is 14.8 Å². The second-order valence-electron chi connectivity index (χ2n) is 6.83. The molecule has 2 aliphatic heterocycles. The Morgan fingerprint density at radius 1 is 1.04 bits per heavy atom. The first-order valence-electron chi connectivity index (χ1n) is 9.10. The highest BCUT2D eigenvalue weighted by Gasteiger charge is 2.43. The Morgan fingerprint density at radius 3 is 2.39 bits per heavy atom. The van der Waals surface area contributed by atoms with Gasteiger partial charge in [-0.15, -0.1) is 0 Å². The summed E-state index contributed by atoms with van der Waals surface area (Å²) in [5.41, 5.74) is 0.912. The van der Waals surface area contributed by atoms with Crippen molar-refractivity contribution in [3.63, 3.8) is 0 Å². The number of benzene rings is 1. The summed E-state index contributed by atoms with van der Waals surface area (Å²) < 4.78 is 13.1. The molecule has 1 atom stereocenters. The van der Waals surface area contributed by atoms with Gasteiger partial charge in [-0.2, -0.15) is 0 Å². The number of rotatable bonds is 3. The molecule has 1 aromatic heterocycles. The predicted octanol–water partition coefficient (Wildman–Crippen LogP) is 1.31. The smallest absolute Gasteiger partial charge is 0.255 e. The summed E-state index contributed by atoms with van der Waals surface area (Å²) in [6.45, 7) is 1.96. The Balaban J connectivity index is 1.41. The molecule has 2 fully saturated rings. The Bertz CT molecular complexity index is 895. The van der Waals surface area contributed by atoms with Crippen LogP contribution in [0.5, 0.6) is 0 Å². The van der Waals surface area contributed by atoms with Gasteiger partial charge in [-0.3, -0.25) is 24.3 Å². The number of imide groups is 1. The first-order valence-corrected chi connectivity index (χ1v) is 9.10. The quantitative estimate of drug-likeness (QED) is 0.749. The average Bonchev–Trinajstić information content (AvgIpc) is 3.03. The number of pyridine rings is 1. The number of aromatic nitrogens is 1. The molecule has 3 amide bonds. The molecule has 8 heteroatoms. The Hall–Kier alpha value is -3.13. The van der Waals surface area contributed by atoms with Crippen molar-refractivity contribution in [2.75, 3.05) is 31.1 Å². The molecule has 0 N–H and O–H groups in total. The average molecular weight is 382 g/mol. The maximum atomic E-state index is 13.1. The number of hydrogen-bond donors (Lipinski definition) is 0. The zero-order valence-corrected chi connectivity index (χ0v) is 15.1. The fraction of sp³-hybridized carbons (Fsp3) is 0.300. The van der Waals surface area contributed by atoms with Crippen LogP contribution in [0.3, 0.4) is 0 Å². The Morgan fingerprint density at radius 2 is 1.75 bits per heavy atom. The van der Waals surface area contributed by atoms with Crippen LogP contribution in [0, 0.1) is 5.82 Å². The summed E-state index contributed by atoms with van der Waals surface area (Å²) in [6, 6.07) is 8.21. The molecule has 2 saturated heterocycles. The van der Waals surface area contributed by atoms with Gasteiger partial charge in [0.15, 0.2) is 0 Å².